The number of aromatic nitrogens is 4. The van der Waals surface area contributed by atoms with Gasteiger partial charge in [-0.05, 0) is 0 Å². The third-order valence-corrected chi connectivity index (χ3v) is 2.47. The average molecular weight is 194 g/mol. The lowest BCUT2D eigenvalue weighted by Crippen LogP contribution is -1.89. The van der Waals surface area contributed by atoms with E-state index < -0.39 is 0 Å². The second-order valence-electron chi connectivity index (χ2n) is 3.06. The fraction of sp³-hybridized carbons (Fsp3) is 0.375. The molecule has 0 unspecified atom stereocenters. The molecular weight excluding hydrogens is 184 g/mol. The maximum Gasteiger partial charge on any atom is 0.192 e. The van der Waals surface area contributed by atoms with Gasteiger partial charge in [0, 0.05) is 12.1 Å². The summed E-state index contributed by atoms with van der Waals surface area (Å²) in [5, 5.41) is 7.03. The van der Waals surface area contributed by atoms with Crippen molar-refractivity contribution in [1.82, 2.24) is 20.2 Å². The molecule has 2 heterocycles. The van der Waals surface area contributed by atoms with Crippen LogP contribution in [0.2, 0.25) is 0 Å². The van der Waals surface area contributed by atoms with Crippen LogP contribution >= 0.6 is 11.3 Å². The maximum atomic E-state index is 4.36. The summed E-state index contributed by atoms with van der Waals surface area (Å²) in [7, 11) is 0. The predicted octanol–water partition coefficient (Wildman–Crippen LogP) is 2.05. The summed E-state index contributed by atoms with van der Waals surface area (Å²) in [6.45, 7) is 4.16. The molecule has 0 aliphatic heterocycles. The highest BCUT2D eigenvalue weighted by Gasteiger charge is 2.08. The van der Waals surface area contributed by atoms with Gasteiger partial charge in [0.1, 0.15) is 5.82 Å². The van der Waals surface area contributed by atoms with Crippen LogP contribution in [0.4, 0.5) is 0 Å². The van der Waals surface area contributed by atoms with Crippen molar-refractivity contribution >= 4 is 11.3 Å². The molecule has 2 aromatic heterocycles. The number of aromatic amines is 1. The minimum absolute atomic E-state index is 0.383. The van der Waals surface area contributed by atoms with Crippen LogP contribution in [0.1, 0.15) is 25.6 Å². The van der Waals surface area contributed by atoms with Crippen LogP contribution in [0.25, 0.3) is 10.7 Å². The van der Waals surface area contributed by atoms with Crippen LogP contribution in [-0.4, -0.2) is 20.2 Å². The first-order chi connectivity index (χ1) is 6.27. The molecule has 1 N–H and O–H groups in total. The fourth-order valence-corrected chi connectivity index (χ4v) is 1.52. The Labute approximate surface area is 80.1 Å². The lowest BCUT2D eigenvalue weighted by molar-refractivity contribution is 0.781. The number of rotatable bonds is 2. The molecule has 0 aliphatic carbocycles. The lowest BCUT2D eigenvalue weighted by atomic mass is 10.2. The molecule has 0 spiro atoms. The van der Waals surface area contributed by atoms with Gasteiger partial charge in [0.15, 0.2) is 5.82 Å². The molecule has 13 heavy (non-hydrogen) atoms. The quantitative estimate of drug-likeness (QED) is 0.796. The van der Waals surface area contributed by atoms with E-state index in [0.29, 0.717) is 5.92 Å². The van der Waals surface area contributed by atoms with Gasteiger partial charge in [0.25, 0.3) is 0 Å². The Balaban J connectivity index is 2.33. The van der Waals surface area contributed by atoms with Crippen LogP contribution < -0.4 is 0 Å². The highest BCUT2D eigenvalue weighted by atomic mass is 32.1. The van der Waals surface area contributed by atoms with Gasteiger partial charge < -0.3 is 0 Å². The van der Waals surface area contributed by atoms with Crippen molar-refractivity contribution in [1.29, 1.82) is 0 Å². The van der Waals surface area contributed by atoms with E-state index in [0.717, 1.165) is 16.5 Å². The molecule has 4 nitrogen and oxygen atoms in total. The second kappa shape index (κ2) is 3.26. The van der Waals surface area contributed by atoms with Gasteiger partial charge in [-0.25, -0.2) is 4.98 Å². The largest absolute Gasteiger partial charge is 0.262 e. The van der Waals surface area contributed by atoms with Crippen LogP contribution in [0.3, 0.4) is 0 Å². The number of hydrogen-bond acceptors (Lipinski definition) is 4. The van der Waals surface area contributed by atoms with E-state index in [9.17, 15) is 0 Å². The Morgan fingerprint density at radius 1 is 1.46 bits per heavy atom. The SMILES string of the molecule is CC(C)c1nc(-c2cncs2)n[nH]1. The molecule has 0 aromatic carbocycles. The molecule has 2 rings (SSSR count). The number of nitrogens with zero attached hydrogens (tertiary/aromatic N) is 3. The van der Waals surface area contributed by atoms with E-state index in [1.807, 2.05) is 0 Å². The first kappa shape index (κ1) is 8.37. The zero-order valence-electron chi connectivity index (χ0n) is 7.48. The predicted molar refractivity (Wildman–Crippen MR) is 51.6 cm³/mol. The number of thiazole rings is 1. The Morgan fingerprint density at radius 2 is 2.31 bits per heavy atom. The average Bonchev–Trinajstić information content (AvgIpc) is 2.75. The Hall–Kier alpha value is -1.23. The molecule has 0 atom stereocenters. The number of H-pyrrole nitrogens is 1. The van der Waals surface area contributed by atoms with E-state index in [2.05, 4.69) is 34.0 Å². The smallest absolute Gasteiger partial charge is 0.192 e. The van der Waals surface area contributed by atoms with Crippen LogP contribution in [-0.2, 0) is 0 Å². The first-order valence-electron chi connectivity index (χ1n) is 4.08. The molecule has 0 bridgehead atoms. The van der Waals surface area contributed by atoms with Crippen molar-refractivity contribution in [3.05, 3.63) is 17.5 Å². The van der Waals surface area contributed by atoms with Gasteiger partial charge in [-0.3, -0.25) is 10.1 Å². The van der Waals surface area contributed by atoms with Gasteiger partial charge in [-0.1, -0.05) is 13.8 Å². The molecule has 2 aromatic rings. The van der Waals surface area contributed by atoms with Crippen molar-refractivity contribution in [3.8, 4) is 10.7 Å². The molecule has 5 heteroatoms. The number of hydrogen-bond donors (Lipinski definition) is 1. The van der Waals surface area contributed by atoms with Gasteiger partial charge in [0.05, 0.1) is 10.4 Å². The summed E-state index contributed by atoms with van der Waals surface area (Å²) in [4.78, 5) is 9.34. The summed E-state index contributed by atoms with van der Waals surface area (Å²) in [6, 6.07) is 0. The molecule has 0 saturated heterocycles. The van der Waals surface area contributed by atoms with Gasteiger partial charge in [-0.2, -0.15) is 5.10 Å². The molecule has 0 radical (unpaired) electrons. The molecule has 0 amide bonds. The van der Waals surface area contributed by atoms with E-state index >= 15 is 0 Å². The third kappa shape index (κ3) is 1.60. The summed E-state index contributed by atoms with van der Waals surface area (Å²) in [6.07, 6.45) is 1.78. The minimum atomic E-state index is 0.383. The summed E-state index contributed by atoms with van der Waals surface area (Å²) >= 11 is 1.54. The van der Waals surface area contributed by atoms with Crippen LogP contribution in [0.15, 0.2) is 11.7 Å². The monoisotopic (exact) mass is 194 g/mol. The van der Waals surface area contributed by atoms with Crippen LogP contribution in [0, 0.1) is 0 Å². The Morgan fingerprint density at radius 3 is 2.85 bits per heavy atom. The summed E-state index contributed by atoms with van der Waals surface area (Å²) in [5.74, 6) is 2.05. The minimum Gasteiger partial charge on any atom is -0.262 e. The topological polar surface area (TPSA) is 54.5 Å². The molecule has 0 saturated carbocycles. The molecule has 68 valence electrons. The first-order valence-corrected chi connectivity index (χ1v) is 4.96. The standard InChI is InChI=1S/C8H10N4S/c1-5(2)7-10-8(12-11-7)6-3-9-4-13-6/h3-5H,1-2H3,(H,10,11,12). The zero-order chi connectivity index (χ0) is 9.26. The summed E-state index contributed by atoms with van der Waals surface area (Å²) < 4.78 is 0. The second-order valence-corrected chi connectivity index (χ2v) is 3.95. The number of nitrogens with one attached hydrogen (secondary N) is 1. The van der Waals surface area contributed by atoms with Crippen molar-refractivity contribution in [2.24, 2.45) is 0 Å². The lowest BCUT2D eigenvalue weighted by Gasteiger charge is -1.94. The van der Waals surface area contributed by atoms with Gasteiger partial charge >= 0.3 is 0 Å². The fourth-order valence-electron chi connectivity index (χ4n) is 0.969. The van der Waals surface area contributed by atoms with E-state index in [4.69, 9.17) is 0 Å². The van der Waals surface area contributed by atoms with Crippen LogP contribution in [0.5, 0.6) is 0 Å². The zero-order valence-corrected chi connectivity index (χ0v) is 8.30. The van der Waals surface area contributed by atoms with Crippen molar-refractivity contribution in [2.45, 2.75) is 19.8 Å². The summed E-state index contributed by atoms with van der Waals surface area (Å²) in [5.41, 5.74) is 1.78. The van der Waals surface area contributed by atoms with Crippen molar-refractivity contribution in [2.75, 3.05) is 0 Å². The normalized spacial score (nSPS) is 11.0. The van der Waals surface area contributed by atoms with Gasteiger partial charge in [-0.15, -0.1) is 11.3 Å². The molecule has 0 fully saturated rings. The molecular formula is C8H10N4S. The highest BCUT2D eigenvalue weighted by molar-refractivity contribution is 7.13. The third-order valence-electron chi connectivity index (χ3n) is 1.70. The van der Waals surface area contributed by atoms with E-state index in [1.54, 1.807) is 23.0 Å². The van der Waals surface area contributed by atoms with E-state index in [1.165, 1.54) is 0 Å². The Kier molecular flexibility index (Phi) is 2.10. The Bertz CT molecular complexity index is 377. The highest BCUT2D eigenvalue weighted by Crippen LogP contribution is 2.20. The molecule has 0 aliphatic rings. The van der Waals surface area contributed by atoms with Gasteiger partial charge in [0.2, 0.25) is 0 Å². The van der Waals surface area contributed by atoms with Crippen molar-refractivity contribution in [3.63, 3.8) is 0 Å². The van der Waals surface area contributed by atoms with Crippen molar-refractivity contribution < 1.29 is 0 Å². The van der Waals surface area contributed by atoms with E-state index in [-0.39, 0.29) is 0 Å². The maximum absolute atomic E-state index is 4.36.